The Labute approximate surface area is 135 Å². The van der Waals surface area contributed by atoms with Crippen molar-refractivity contribution in [2.24, 2.45) is 0 Å². The molecule has 0 fully saturated rings. The van der Waals surface area contributed by atoms with E-state index in [-0.39, 0.29) is 23.6 Å². The zero-order chi connectivity index (χ0) is 17.7. The van der Waals surface area contributed by atoms with Gasteiger partial charge in [0.2, 0.25) is 5.91 Å². The van der Waals surface area contributed by atoms with Crippen molar-refractivity contribution in [2.75, 3.05) is 5.32 Å². The third-order valence-electron chi connectivity index (χ3n) is 2.86. The molecule has 0 aliphatic heterocycles. The summed E-state index contributed by atoms with van der Waals surface area (Å²) in [5.74, 6) is -0.328. The molecule has 0 atom stereocenters. The number of nitrogens with zero attached hydrogens (tertiary/aromatic N) is 1. The van der Waals surface area contributed by atoms with Gasteiger partial charge in [-0.05, 0) is 23.8 Å². The topological polar surface area (TPSA) is 91.7 Å². The molecule has 0 aliphatic rings. The van der Waals surface area contributed by atoms with Gasteiger partial charge in [0.05, 0.1) is 18.2 Å². The predicted octanol–water partition coefficient (Wildman–Crippen LogP) is 1.63. The number of rotatable bonds is 5. The number of carbonyl (C=O) groups is 1. The number of nitrogens with one attached hydrogen (secondary N) is 1. The molecule has 1 heterocycles. The zero-order valence-electron chi connectivity index (χ0n) is 12.1. The van der Waals surface area contributed by atoms with Crippen molar-refractivity contribution in [3.63, 3.8) is 0 Å². The summed E-state index contributed by atoms with van der Waals surface area (Å²) in [6, 6.07) is 7.18. The minimum Gasteiger partial charge on any atom is -0.511 e. The van der Waals surface area contributed by atoms with Crippen molar-refractivity contribution >= 4 is 19.0 Å². The number of hydrogen-bond acceptors (Lipinski definition) is 5. The van der Waals surface area contributed by atoms with Gasteiger partial charge in [0.1, 0.15) is 11.6 Å². The van der Waals surface area contributed by atoms with E-state index in [9.17, 15) is 18.0 Å². The molecular weight excluding hydrogens is 328 g/mol. The van der Waals surface area contributed by atoms with E-state index >= 15 is 0 Å². The SMILES string of the molecule is O=C(Cc1cccc(C(F)(F)F)c1)Nc1ccc(OB(O)O)cn1. The van der Waals surface area contributed by atoms with Crippen LogP contribution < -0.4 is 9.97 Å². The number of aromatic nitrogens is 1. The Kier molecular flexibility index (Phi) is 5.42. The highest BCUT2D eigenvalue weighted by Gasteiger charge is 2.30. The highest BCUT2D eigenvalue weighted by molar-refractivity contribution is 6.33. The van der Waals surface area contributed by atoms with Crippen LogP contribution >= 0.6 is 0 Å². The minimum absolute atomic E-state index is 0.0703. The summed E-state index contributed by atoms with van der Waals surface area (Å²) in [6.07, 6.45) is -3.57. The largest absolute Gasteiger partial charge is 0.707 e. The van der Waals surface area contributed by atoms with E-state index in [1.807, 2.05) is 0 Å². The molecule has 1 aromatic carbocycles. The van der Waals surface area contributed by atoms with Gasteiger partial charge in [-0.25, -0.2) is 4.98 Å². The highest BCUT2D eigenvalue weighted by Crippen LogP contribution is 2.29. The van der Waals surface area contributed by atoms with E-state index in [0.29, 0.717) is 0 Å². The number of benzene rings is 1. The first-order valence-electron chi connectivity index (χ1n) is 6.69. The number of hydrogen-bond donors (Lipinski definition) is 3. The molecule has 24 heavy (non-hydrogen) atoms. The second kappa shape index (κ2) is 7.32. The maximum atomic E-state index is 12.6. The van der Waals surface area contributed by atoms with Crippen LogP contribution in [0.15, 0.2) is 42.6 Å². The van der Waals surface area contributed by atoms with E-state index in [0.717, 1.165) is 18.3 Å². The molecule has 10 heteroatoms. The summed E-state index contributed by atoms with van der Waals surface area (Å²) < 4.78 is 42.4. The molecule has 3 N–H and O–H groups in total. The van der Waals surface area contributed by atoms with Crippen molar-refractivity contribution < 1.29 is 32.7 Å². The lowest BCUT2D eigenvalue weighted by atomic mass is 10.1. The number of pyridine rings is 1. The molecule has 0 spiro atoms. The molecule has 0 unspecified atom stereocenters. The molecule has 0 aliphatic carbocycles. The van der Waals surface area contributed by atoms with Crippen LogP contribution in [0.2, 0.25) is 0 Å². The molecule has 2 rings (SSSR count). The first-order chi connectivity index (χ1) is 11.2. The van der Waals surface area contributed by atoms with Gasteiger partial charge in [-0.1, -0.05) is 18.2 Å². The summed E-state index contributed by atoms with van der Waals surface area (Å²) in [5.41, 5.74) is -0.610. The number of carbonyl (C=O) groups excluding carboxylic acids is 1. The van der Waals surface area contributed by atoms with E-state index in [2.05, 4.69) is 15.0 Å². The van der Waals surface area contributed by atoms with Gasteiger partial charge in [-0.2, -0.15) is 13.2 Å². The van der Waals surface area contributed by atoms with Gasteiger partial charge >= 0.3 is 13.5 Å². The van der Waals surface area contributed by atoms with Crippen molar-refractivity contribution in [3.8, 4) is 5.75 Å². The van der Waals surface area contributed by atoms with Gasteiger partial charge in [0.15, 0.2) is 0 Å². The van der Waals surface area contributed by atoms with Crippen molar-refractivity contribution in [1.82, 2.24) is 4.98 Å². The van der Waals surface area contributed by atoms with Crippen LogP contribution in [-0.2, 0) is 17.4 Å². The molecule has 6 nitrogen and oxygen atoms in total. The maximum absolute atomic E-state index is 12.6. The monoisotopic (exact) mass is 340 g/mol. The first kappa shape index (κ1) is 17.8. The van der Waals surface area contributed by atoms with Crippen molar-refractivity contribution in [2.45, 2.75) is 12.6 Å². The summed E-state index contributed by atoms with van der Waals surface area (Å²) in [4.78, 5) is 15.7. The Morgan fingerprint density at radius 1 is 1.25 bits per heavy atom. The Balaban J connectivity index is 1.98. The molecule has 2 aromatic rings. The van der Waals surface area contributed by atoms with E-state index in [1.54, 1.807) is 0 Å². The van der Waals surface area contributed by atoms with Crippen molar-refractivity contribution in [1.29, 1.82) is 0 Å². The van der Waals surface area contributed by atoms with Gasteiger partial charge < -0.3 is 20.0 Å². The van der Waals surface area contributed by atoms with Crippen LogP contribution in [0, 0.1) is 0 Å². The third kappa shape index (κ3) is 5.25. The molecule has 1 aromatic heterocycles. The number of alkyl halides is 3. The molecule has 0 saturated carbocycles. The lowest BCUT2D eigenvalue weighted by Gasteiger charge is -2.09. The Bertz CT molecular complexity index is 708. The number of amides is 1. The van der Waals surface area contributed by atoms with Gasteiger partial charge in [0, 0.05) is 0 Å². The van der Waals surface area contributed by atoms with E-state index in [1.165, 1.54) is 24.3 Å². The third-order valence-corrected chi connectivity index (χ3v) is 2.86. The Morgan fingerprint density at radius 2 is 2.00 bits per heavy atom. The van der Waals surface area contributed by atoms with Crippen LogP contribution in [0.5, 0.6) is 5.75 Å². The predicted molar refractivity (Wildman–Crippen MR) is 78.8 cm³/mol. The molecule has 126 valence electrons. The van der Waals surface area contributed by atoms with Gasteiger partial charge in [-0.3, -0.25) is 4.79 Å². The highest BCUT2D eigenvalue weighted by atomic mass is 19.4. The van der Waals surface area contributed by atoms with E-state index < -0.39 is 25.0 Å². The number of anilines is 1. The van der Waals surface area contributed by atoms with Crippen LogP contribution in [0.25, 0.3) is 0 Å². The van der Waals surface area contributed by atoms with Crippen LogP contribution in [0.1, 0.15) is 11.1 Å². The Hall–Kier alpha value is -2.59. The molecular formula is C14H12BF3N2O4. The fraction of sp³-hybridized carbons (Fsp3) is 0.143. The summed E-state index contributed by atoms with van der Waals surface area (Å²) in [6.45, 7) is 0. The molecule has 0 bridgehead atoms. The van der Waals surface area contributed by atoms with Crippen molar-refractivity contribution in [3.05, 3.63) is 53.7 Å². The summed E-state index contributed by atoms with van der Waals surface area (Å²) >= 11 is 0. The standard InChI is InChI=1S/C14H12BF3N2O4/c16-14(17,18)10-3-1-2-9(6-10)7-13(21)20-12-5-4-11(8-19-12)24-15(22)23/h1-6,8,22-23H,7H2,(H,19,20,21). The zero-order valence-corrected chi connectivity index (χ0v) is 12.1. The normalized spacial score (nSPS) is 11.0. The second-order valence-corrected chi connectivity index (χ2v) is 4.75. The van der Waals surface area contributed by atoms with E-state index in [4.69, 9.17) is 10.0 Å². The molecule has 1 amide bonds. The smallest absolute Gasteiger partial charge is 0.511 e. The lowest BCUT2D eigenvalue weighted by Crippen LogP contribution is -2.20. The molecule has 0 radical (unpaired) electrons. The Morgan fingerprint density at radius 3 is 2.58 bits per heavy atom. The lowest BCUT2D eigenvalue weighted by molar-refractivity contribution is -0.137. The first-order valence-corrected chi connectivity index (χ1v) is 6.69. The van der Waals surface area contributed by atoms with Crippen LogP contribution in [-0.4, -0.2) is 28.3 Å². The summed E-state index contributed by atoms with van der Waals surface area (Å²) in [5, 5.41) is 19.7. The average molecular weight is 340 g/mol. The fourth-order valence-corrected chi connectivity index (χ4v) is 1.88. The van der Waals surface area contributed by atoms with Gasteiger partial charge in [0.25, 0.3) is 0 Å². The van der Waals surface area contributed by atoms with Crippen LogP contribution in [0.3, 0.4) is 0 Å². The van der Waals surface area contributed by atoms with Gasteiger partial charge in [-0.15, -0.1) is 0 Å². The average Bonchev–Trinajstić information content (AvgIpc) is 2.48. The maximum Gasteiger partial charge on any atom is 0.707 e. The fourth-order valence-electron chi connectivity index (χ4n) is 1.88. The number of halogens is 3. The summed E-state index contributed by atoms with van der Waals surface area (Å²) in [7, 11) is -1.99. The quantitative estimate of drug-likeness (QED) is 0.720. The molecule has 0 saturated heterocycles. The second-order valence-electron chi connectivity index (χ2n) is 4.75. The van der Waals surface area contributed by atoms with Crippen LogP contribution in [0.4, 0.5) is 19.0 Å². The minimum atomic E-state index is -4.47.